The van der Waals surface area contributed by atoms with Crippen LogP contribution in [0.25, 0.3) is 33.4 Å². The Kier molecular flexibility index (Phi) is 7.75. The zero-order chi connectivity index (χ0) is 37.8. The molecule has 11 rings (SSSR count). The molecule has 0 saturated heterocycles. The fraction of sp³-hybridized carbons (Fsp3) is 0.0182. The van der Waals surface area contributed by atoms with Crippen molar-refractivity contribution in [2.24, 2.45) is 0 Å². The summed E-state index contributed by atoms with van der Waals surface area (Å²) in [4.78, 5) is 4.80. The largest absolute Gasteiger partial charge is 0.310 e. The molecule has 268 valence electrons. The average Bonchev–Trinajstić information content (AvgIpc) is 3.75. The van der Waals surface area contributed by atoms with Gasteiger partial charge in [-0.25, -0.2) is 0 Å². The molecule has 9 aromatic rings. The molecule has 1 unspecified atom stereocenters. The Morgan fingerprint density at radius 1 is 0.246 bits per heavy atom. The van der Waals surface area contributed by atoms with E-state index in [0.29, 0.717) is 0 Å². The number of benzene rings is 9. The highest BCUT2D eigenvalue weighted by Crippen LogP contribution is 2.64. The minimum Gasteiger partial charge on any atom is -0.310 e. The Labute approximate surface area is 334 Å². The molecule has 0 fully saturated rings. The summed E-state index contributed by atoms with van der Waals surface area (Å²) in [5.74, 6) is 0. The van der Waals surface area contributed by atoms with Gasteiger partial charge >= 0.3 is 0 Å². The van der Waals surface area contributed by atoms with Gasteiger partial charge in [-0.15, -0.1) is 0 Å². The summed E-state index contributed by atoms with van der Waals surface area (Å²) in [7, 11) is 0. The summed E-state index contributed by atoms with van der Waals surface area (Å²) in [5, 5.41) is 0. The third-order valence-electron chi connectivity index (χ3n) is 11.8. The lowest BCUT2D eigenvalue weighted by Gasteiger charge is -2.33. The molecule has 0 saturated carbocycles. The van der Waals surface area contributed by atoms with Crippen molar-refractivity contribution in [2.45, 2.75) is 5.41 Å². The average molecular weight is 727 g/mol. The Bertz CT molecular complexity index is 2860. The van der Waals surface area contributed by atoms with Gasteiger partial charge in [0.2, 0.25) is 0 Å². The second-order valence-corrected chi connectivity index (χ2v) is 14.9. The quantitative estimate of drug-likeness (QED) is 0.161. The summed E-state index contributed by atoms with van der Waals surface area (Å²) in [6.45, 7) is 0. The summed E-state index contributed by atoms with van der Waals surface area (Å²) in [5.41, 5.74) is 19.0. The molecule has 2 heteroatoms. The molecule has 0 radical (unpaired) electrons. The van der Waals surface area contributed by atoms with Gasteiger partial charge in [0.05, 0.1) is 11.1 Å². The van der Waals surface area contributed by atoms with Gasteiger partial charge < -0.3 is 9.80 Å². The summed E-state index contributed by atoms with van der Waals surface area (Å²) >= 11 is 0. The van der Waals surface area contributed by atoms with E-state index in [9.17, 15) is 0 Å². The van der Waals surface area contributed by atoms with Crippen molar-refractivity contribution in [1.29, 1.82) is 0 Å². The first-order valence-corrected chi connectivity index (χ1v) is 19.7. The zero-order valence-corrected chi connectivity index (χ0v) is 31.3. The van der Waals surface area contributed by atoms with E-state index in [1.54, 1.807) is 0 Å². The van der Waals surface area contributed by atoms with Crippen LogP contribution in [0.5, 0.6) is 0 Å². The standard InChI is InChI=1S/C55H38N2/c1-5-19-39(20-6-1)45-27-15-18-32-54(45)57(42-25-11-4-12-26-42)43-34-36-52-49(37-43)47-29-14-17-31-51(47)55(52)50-30-16-13-28-46(50)48-35-33-44(38-53(48)55)56(40-21-7-2-8-22-40)41-23-9-3-10-24-41/h1-38H. The van der Waals surface area contributed by atoms with Crippen LogP contribution in [0.3, 0.4) is 0 Å². The normalized spacial score (nSPS) is 14.4. The number of para-hydroxylation sites is 4. The van der Waals surface area contributed by atoms with Crippen LogP contribution >= 0.6 is 0 Å². The monoisotopic (exact) mass is 726 g/mol. The molecule has 2 aliphatic carbocycles. The minimum absolute atomic E-state index is 0.495. The van der Waals surface area contributed by atoms with E-state index >= 15 is 0 Å². The summed E-state index contributed by atoms with van der Waals surface area (Å²) in [6, 6.07) is 84.1. The van der Waals surface area contributed by atoms with E-state index in [2.05, 4.69) is 240 Å². The van der Waals surface area contributed by atoms with Crippen molar-refractivity contribution in [1.82, 2.24) is 0 Å². The highest BCUT2D eigenvalue weighted by Gasteiger charge is 2.52. The van der Waals surface area contributed by atoms with Gasteiger partial charge in [0.15, 0.2) is 0 Å². The van der Waals surface area contributed by atoms with E-state index in [1.165, 1.54) is 55.6 Å². The lowest BCUT2D eigenvalue weighted by atomic mass is 9.70. The topological polar surface area (TPSA) is 6.48 Å². The van der Waals surface area contributed by atoms with E-state index in [1.807, 2.05) is 0 Å². The van der Waals surface area contributed by atoms with Gasteiger partial charge in [-0.2, -0.15) is 0 Å². The number of hydrogen-bond acceptors (Lipinski definition) is 2. The van der Waals surface area contributed by atoms with Crippen LogP contribution in [-0.2, 0) is 5.41 Å². The highest BCUT2D eigenvalue weighted by atomic mass is 15.1. The van der Waals surface area contributed by atoms with E-state index in [0.717, 1.165) is 34.1 Å². The van der Waals surface area contributed by atoms with Crippen molar-refractivity contribution in [3.63, 3.8) is 0 Å². The maximum absolute atomic E-state index is 2.46. The van der Waals surface area contributed by atoms with Crippen molar-refractivity contribution >= 4 is 34.1 Å². The van der Waals surface area contributed by atoms with Crippen molar-refractivity contribution in [3.8, 4) is 33.4 Å². The molecular weight excluding hydrogens is 689 g/mol. The van der Waals surface area contributed by atoms with Gasteiger partial charge in [-0.3, -0.25) is 0 Å². The molecule has 0 amide bonds. The molecule has 1 atom stereocenters. The number of rotatable bonds is 7. The first kappa shape index (κ1) is 33.0. The van der Waals surface area contributed by atoms with Crippen LogP contribution in [-0.4, -0.2) is 0 Å². The number of nitrogens with zero attached hydrogens (tertiary/aromatic N) is 2. The van der Waals surface area contributed by atoms with Crippen LogP contribution in [0.4, 0.5) is 34.1 Å². The van der Waals surface area contributed by atoms with Crippen LogP contribution in [0, 0.1) is 0 Å². The van der Waals surface area contributed by atoms with Gasteiger partial charge in [0.25, 0.3) is 0 Å². The smallest absolute Gasteiger partial charge is 0.0726 e. The molecule has 0 aromatic heterocycles. The molecule has 0 N–H and O–H groups in total. The van der Waals surface area contributed by atoms with Crippen LogP contribution in [0.2, 0.25) is 0 Å². The fourth-order valence-corrected chi connectivity index (χ4v) is 9.53. The third kappa shape index (κ3) is 5.11. The SMILES string of the molecule is c1ccc(-c2ccccc2N(c2ccccc2)c2ccc3c(c2)-c2ccccc2C32c3ccccc3-c3ccc(N(c4ccccc4)c4ccccc4)cc32)cc1. The Morgan fingerprint density at radius 2 is 0.667 bits per heavy atom. The first-order valence-electron chi connectivity index (χ1n) is 19.7. The van der Waals surface area contributed by atoms with Crippen LogP contribution in [0.15, 0.2) is 231 Å². The van der Waals surface area contributed by atoms with Gasteiger partial charge in [-0.05, 0) is 117 Å². The van der Waals surface area contributed by atoms with E-state index in [-0.39, 0.29) is 0 Å². The minimum atomic E-state index is -0.495. The summed E-state index contributed by atoms with van der Waals surface area (Å²) < 4.78 is 0. The Morgan fingerprint density at radius 3 is 1.28 bits per heavy atom. The molecule has 1 spiro atoms. The predicted octanol–water partition coefficient (Wildman–Crippen LogP) is 14.6. The first-order chi connectivity index (χ1) is 28.3. The van der Waals surface area contributed by atoms with E-state index in [4.69, 9.17) is 0 Å². The predicted molar refractivity (Wildman–Crippen MR) is 238 cm³/mol. The second kappa shape index (κ2) is 13.4. The zero-order valence-electron chi connectivity index (χ0n) is 31.3. The lowest BCUT2D eigenvalue weighted by molar-refractivity contribution is 0.793. The summed E-state index contributed by atoms with van der Waals surface area (Å²) in [6.07, 6.45) is 0. The highest BCUT2D eigenvalue weighted by molar-refractivity contribution is 5.98. The van der Waals surface area contributed by atoms with Crippen LogP contribution < -0.4 is 9.80 Å². The van der Waals surface area contributed by atoms with Gasteiger partial charge in [-0.1, -0.05) is 164 Å². The maximum Gasteiger partial charge on any atom is 0.0726 e. The van der Waals surface area contributed by atoms with Crippen molar-refractivity contribution in [2.75, 3.05) is 9.80 Å². The fourth-order valence-electron chi connectivity index (χ4n) is 9.53. The molecule has 2 nitrogen and oxygen atoms in total. The Balaban J connectivity index is 1.15. The molecular formula is C55H38N2. The van der Waals surface area contributed by atoms with Crippen molar-refractivity contribution < 1.29 is 0 Å². The Hall–Kier alpha value is -7.42. The molecule has 2 aliphatic rings. The molecule has 0 aliphatic heterocycles. The van der Waals surface area contributed by atoms with Gasteiger partial charge in [0.1, 0.15) is 0 Å². The second-order valence-electron chi connectivity index (χ2n) is 14.9. The molecule has 0 heterocycles. The van der Waals surface area contributed by atoms with Crippen molar-refractivity contribution in [3.05, 3.63) is 253 Å². The molecule has 57 heavy (non-hydrogen) atoms. The number of fused-ring (bicyclic) bond motifs is 10. The molecule has 9 aromatic carbocycles. The number of anilines is 6. The van der Waals surface area contributed by atoms with Gasteiger partial charge in [0, 0.05) is 34.0 Å². The van der Waals surface area contributed by atoms with E-state index < -0.39 is 5.41 Å². The molecule has 0 bridgehead atoms. The van der Waals surface area contributed by atoms with Crippen LogP contribution in [0.1, 0.15) is 22.3 Å². The maximum atomic E-state index is 2.46. The lowest BCUT2D eigenvalue weighted by Crippen LogP contribution is -2.26. The third-order valence-corrected chi connectivity index (χ3v) is 11.8. The number of hydrogen-bond donors (Lipinski definition) is 0.